The van der Waals surface area contributed by atoms with E-state index < -0.39 is 11.6 Å². The zero-order chi connectivity index (χ0) is 19.4. The number of pyridine rings is 1. The van der Waals surface area contributed by atoms with Gasteiger partial charge < -0.3 is 4.90 Å². The van der Waals surface area contributed by atoms with Gasteiger partial charge in [-0.1, -0.05) is 0 Å². The number of rotatable bonds is 6. The minimum absolute atomic E-state index is 0.0730. The summed E-state index contributed by atoms with van der Waals surface area (Å²) in [5.41, 5.74) is 1.71. The van der Waals surface area contributed by atoms with Crippen molar-refractivity contribution in [3.8, 4) is 11.3 Å². The molecule has 1 amide bonds. The predicted molar refractivity (Wildman–Crippen MR) is 98.1 cm³/mol. The van der Waals surface area contributed by atoms with E-state index >= 15 is 0 Å². The molecule has 0 aliphatic rings. The molecule has 0 saturated carbocycles. The molecule has 3 rings (SSSR count). The van der Waals surface area contributed by atoms with E-state index in [1.807, 2.05) is 19.1 Å². The van der Waals surface area contributed by atoms with E-state index in [-0.39, 0.29) is 17.2 Å². The van der Waals surface area contributed by atoms with Crippen LogP contribution >= 0.6 is 0 Å². The number of carbonyl (C=O) groups is 1. The molecule has 7 heteroatoms. The summed E-state index contributed by atoms with van der Waals surface area (Å²) in [4.78, 5) is 18.5. The van der Waals surface area contributed by atoms with Gasteiger partial charge in [-0.15, -0.1) is 0 Å². The summed E-state index contributed by atoms with van der Waals surface area (Å²) < 4.78 is 29.0. The molecule has 0 saturated heterocycles. The van der Waals surface area contributed by atoms with Crippen molar-refractivity contribution in [3.63, 3.8) is 0 Å². The second-order valence-electron chi connectivity index (χ2n) is 6.15. The number of likely N-dealkylation sites (N-methyl/N-ethyl adjacent to an activating group) is 1. The van der Waals surface area contributed by atoms with Crippen molar-refractivity contribution in [2.45, 2.75) is 13.3 Å². The van der Waals surface area contributed by atoms with Crippen molar-refractivity contribution in [2.24, 2.45) is 7.05 Å². The maximum Gasteiger partial charge on any atom is 0.274 e. The molecule has 140 valence electrons. The van der Waals surface area contributed by atoms with Gasteiger partial charge >= 0.3 is 0 Å². The molecule has 0 fully saturated rings. The maximum atomic E-state index is 14.1. The third kappa shape index (κ3) is 4.19. The van der Waals surface area contributed by atoms with Gasteiger partial charge in [0.05, 0.1) is 5.69 Å². The lowest BCUT2D eigenvalue weighted by atomic mass is 10.1. The summed E-state index contributed by atoms with van der Waals surface area (Å²) in [6.45, 7) is 2.93. The average Bonchev–Trinajstić information content (AvgIpc) is 3.06. The van der Waals surface area contributed by atoms with Crippen LogP contribution in [0.3, 0.4) is 0 Å². The highest BCUT2D eigenvalue weighted by Gasteiger charge is 2.20. The number of halogens is 2. The first-order chi connectivity index (χ1) is 13.0. The lowest BCUT2D eigenvalue weighted by Crippen LogP contribution is -2.33. The number of hydrogen-bond acceptors (Lipinski definition) is 3. The predicted octanol–water partition coefficient (Wildman–Crippen LogP) is 3.47. The Hall–Kier alpha value is -3.09. The minimum atomic E-state index is -0.566. The third-order valence-corrected chi connectivity index (χ3v) is 4.39. The van der Waals surface area contributed by atoms with Crippen molar-refractivity contribution in [2.75, 3.05) is 13.1 Å². The van der Waals surface area contributed by atoms with Crippen LogP contribution in [0.15, 0.2) is 48.8 Å². The van der Waals surface area contributed by atoms with Gasteiger partial charge in [0.1, 0.15) is 11.6 Å². The topological polar surface area (TPSA) is 51.0 Å². The van der Waals surface area contributed by atoms with E-state index in [2.05, 4.69) is 10.1 Å². The Bertz CT molecular complexity index is 940. The number of carbonyl (C=O) groups excluding carboxylic acids is 1. The van der Waals surface area contributed by atoms with Crippen LogP contribution in [-0.2, 0) is 13.5 Å². The molecule has 27 heavy (non-hydrogen) atoms. The summed E-state index contributed by atoms with van der Waals surface area (Å²) in [6.07, 6.45) is 4.12. The van der Waals surface area contributed by atoms with Gasteiger partial charge in [-0.25, -0.2) is 8.78 Å². The van der Waals surface area contributed by atoms with E-state index in [1.54, 1.807) is 24.3 Å². The van der Waals surface area contributed by atoms with E-state index in [1.165, 1.54) is 10.7 Å². The van der Waals surface area contributed by atoms with Crippen molar-refractivity contribution in [1.82, 2.24) is 19.7 Å². The number of benzene rings is 1. The Morgan fingerprint density at radius 2 is 1.89 bits per heavy atom. The van der Waals surface area contributed by atoms with Gasteiger partial charge in [0.2, 0.25) is 0 Å². The van der Waals surface area contributed by atoms with Crippen LogP contribution in [0, 0.1) is 11.6 Å². The van der Waals surface area contributed by atoms with Crippen LogP contribution < -0.4 is 0 Å². The molecule has 0 aliphatic carbocycles. The highest BCUT2D eigenvalue weighted by atomic mass is 19.1. The first-order valence-corrected chi connectivity index (χ1v) is 8.67. The van der Waals surface area contributed by atoms with E-state index in [4.69, 9.17) is 0 Å². The number of aromatic nitrogens is 3. The van der Waals surface area contributed by atoms with Gasteiger partial charge in [-0.3, -0.25) is 14.5 Å². The lowest BCUT2D eigenvalue weighted by Gasteiger charge is -2.19. The van der Waals surface area contributed by atoms with Gasteiger partial charge in [0.15, 0.2) is 5.69 Å². The van der Waals surface area contributed by atoms with Crippen LogP contribution in [0.25, 0.3) is 11.3 Å². The largest absolute Gasteiger partial charge is 0.337 e. The second-order valence-corrected chi connectivity index (χ2v) is 6.15. The van der Waals surface area contributed by atoms with Crippen molar-refractivity contribution in [3.05, 3.63) is 71.7 Å². The van der Waals surface area contributed by atoms with Gasteiger partial charge in [-0.2, -0.15) is 5.10 Å². The Kier molecular flexibility index (Phi) is 5.59. The molecular formula is C20H20F2N4O. The number of amides is 1. The summed E-state index contributed by atoms with van der Waals surface area (Å²) >= 11 is 0. The standard InChI is InChI=1S/C20H20F2N4O/c1-3-26(11-8-14-6-9-23-10-7-14)20(27)18-13-19(25(2)24-18)16-12-15(21)4-5-17(16)22/h4-7,9-10,12-13H,3,8,11H2,1-2H3. The fraction of sp³-hybridized carbons (Fsp3) is 0.250. The van der Waals surface area contributed by atoms with Crippen LogP contribution in [-0.4, -0.2) is 38.7 Å². The summed E-state index contributed by atoms with van der Waals surface area (Å²) in [5.74, 6) is -1.36. The van der Waals surface area contributed by atoms with Crippen molar-refractivity contribution >= 4 is 5.91 Å². The quantitative estimate of drug-likeness (QED) is 0.668. The molecule has 2 heterocycles. The summed E-state index contributed by atoms with van der Waals surface area (Å²) in [7, 11) is 1.60. The molecule has 0 bridgehead atoms. The Labute approximate surface area is 156 Å². The average molecular weight is 370 g/mol. The molecular weight excluding hydrogens is 350 g/mol. The number of nitrogens with zero attached hydrogens (tertiary/aromatic N) is 4. The van der Waals surface area contributed by atoms with Crippen molar-refractivity contribution in [1.29, 1.82) is 0 Å². The molecule has 0 radical (unpaired) electrons. The smallest absolute Gasteiger partial charge is 0.274 e. The van der Waals surface area contributed by atoms with Gasteiger partial charge in [0.25, 0.3) is 5.91 Å². The first kappa shape index (κ1) is 18.7. The molecule has 0 N–H and O–H groups in total. The Morgan fingerprint density at radius 1 is 1.15 bits per heavy atom. The molecule has 0 spiro atoms. The van der Waals surface area contributed by atoms with Gasteiger partial charge in [-0.05, 0) is 55.3 Å². The fourth-order valence-electron chi connectivity index (χ4n) is 2.90. The first-order valence-electron chi connectivity index (χ1n) is 8.67. The molecule has 0 unspecified atom stereocenters. The number of aryl methyl sites for hydroxylation is 1. The fourth-order valence-corrected chi connectivity index (χ4v) is 2.90. The minimum Gasteiger partial charge on any atom is -0.337 e. The zero-order valence-electron chi connectivity index (χ0n) is 15.2. The molecule has 5 nitrogen and oxygen atoms in total. The highest BCUT2D eigenvalue weighted by molar-refractivity contribution is 5.93. The van der Waals surface area contributed by atoms with Crippen LogP contribution in [0.5, 0.6) is 0 Å². The molecule has 0 atom stereocenters. The highest BCUT2D eigenvalue weighted by Crippen LogP contribution is 2.24. The number of hydrogen-bond donors (Lipinski definition) is 0. The molecule has 3 aromatic rings. The van der Waals surface area contributed by atoms with Crippen LogP contribution in [0.1, 0.15) is 23.0 Å². The van der Waals surface area contributed by atoms with E-state index in [0.717, 1.165) is 23.8 Å². The summed E-state index contributed by atoms with van der Waals surface area (Å²) in [6, 6.07) is 8.52. The van der Waals surface area contributed by atoms with E-state index in [9.17, 15) is 13.6 Å². The molecule has 1 aromatic carbocycles. The Balaban J connectivity index is 1.81. The van der Waals surface area contributed by atoms with E-state index in [0.29, 0.717) is 25.2 Å². The Morgan fingerprint density at radius 3 is 2.59 bits per heavy atom. The van der Waals surface area contributed by atoms with Gasteiger partial charge in [0, 0.05) is 38.1 Å². The SMILES string of the molecule is CCN(CCc1ccncc1)C(=O)c1cc(-c2cc(F)ccc2F)n(C)n1. The van der Waals surface area contributed by atoms with Crippen molar-refractivity contribution < 1.29 is 13.6 Å². The lowest BCUT2D eigenvalue weighted by molar-refractivity contribution is 0.0759. The van der Waals surface area contributed by atoms with Crippen LogP contribution in [0.2, 0.25) is 0 Å². The normalized spacial score (nSPS) is 10.8. The molecule has 2 aromatic heterocycles. The third-order valence-electron chi connectivity index (χ3n) is 4.39. The zero-order valence-corrected chi connectivity index (χ0v) is 15.2. The molecule has 0 aliphatic heterocycles. The second kappa shape index (κ2) is 8.07. The summed E-state index contributed by atoms with van der Waals surface area (Å²) in [5, 5.41) is 4.21. The monoisotopic (exact) mass is 370 g/mol. The maximum absolute atomic E-state index is 14.1. The van der Waals surface area contributed by atoms with Crippen LogP contribution in [0.4, 0.5) is 8.78 Å².